The molecule has 0 bridgehead atoms. The van der Waals surface area contributed by atoms with E-state index in [9.17, 15) is 4.79 Å². The van der Waals surface area contributed by atoms with E-state index in [2.05, 4.69) is 23.3 Å². The summed E-state index contributed by atoms with van der Waals surface area (Å²) in [6, 6.07) is 5.97. The molecule has 0 aliphatic carbocycles. The lowest BCUT2D eigenvalue weighted by Crippen LogP contribution is -2.30. The Bertz CT molecular complexity index is 583. The van der Waals surface area contributed by atoms with Gasteiger partial charge in [-0.2, -0.15) is 0 Å². The van der Waals surface area contributed by atoms with Crippen molar-refractivity contribution in [1.82, 2.24) is 9.88 Å². The summed E-state index contributed by atoms with van der Waals surface area (Å²) in [7, 11) is 1.84. The molecule has 0 aliphatic rings. The van der Waals surface area contributed by atoms with E-state index in [1.165, 1.54) is 4.88 Å². The van der Waals surface area contributed by atoms with Gasteiger partial charge in [-0.25, -0.2) is 0 Å². The van der Waals surface area contributed by atoms with Crippen LogP contribution in [0.25, 0.3) is 0 Å². The summed E-state index contributed by atoms with van der Waals surface area (Å²) >= 11 is 1.66. The molecule has 112 valence electrons. The number of nitrogens with zero attached hydrogens (tertiary/aromatic N) is 2. The summed E-state index contributed by atoms with van der Waals surface area (Å²) in [6.45, 7) is 4.98. The first-order valence-electron chi connectivity index (χ1n) is 7.13. The minimum absolute atomic E-state index is 0.0115. The quantitative estimate of drug-likeness (QED) is 0.883. The normalized spacial score (nSPS) is 12.0. The third-order valence-electron chi connectivity index (χ3n) is 3.47. The lowest BCUT2D eigenvalue weighted by Gasteiger charge is -2.25. The van der Waals surface area contributed by atoms with Crippen LogP contribution in [0.1, 0.15) is 41.5 Å². The molecule has 0 saturated carbocycles. The number of pyridine rings is 1. The highest BCUT2D eigenvalue weighted by Crippen LogP contribution is 2.26. The summed E-state index contributed by atoms with van der Waals surface area (Å²) in [4.78, 5) is 19.8. The van der Waals surface area contributed by atoms with E-state index in [1.807, 2.05) is 31.5 Å². The number of amides is 1. The second-order valence-corrected chi connectivity index (χ2v) is 5.93. The van der Waals surface area contributed by atoms with Gasteiger partial charge in [0, 0.05) is 30.9 Å². The predicted octanol–water partition coefficient (Wildman–Crippen LogP) is 3.80. The maximum atomic E-state index is 12.7. The minimum atomic E-state index is -0.0115. The number of aromatic nitrogens is 1. The van der Waals surface area contributed by atoms with Crippen LogP contribution in [-0.4, -0.2) is 29.4 Å². The van der Waals surface area contributed by atoms with Crippen LogP contribution >= 0.6 is 11.3 Å². The highest BCUT2D eigenvalue weighted by atomic mass is 32.1. The van der Waals surface area contributed by atoms with Gasteiger partial charge >= 0.3 is 0 Å². The molecule has 0 saturated heterocycles. The Hall–Kier alpha value is -1.88. The molecule has 21 heavy (non-hydrogen) atoms. The Morgan fingerprint density at radius 1 is 1.48 bits per heavy atom. The molecule has 4 nitrogen and oxygen atoms in total. The average molecular weight is 303 g/mol. The maximum Gasteiger partial charge on any atom is 0.257 e. The van der Waals surface area contributed by atoms with Crippen LogP contribution < -0.4 is 5.32 Å². The van der Waals surface area contributed by atoms with Crippen LogP contribution in [-0.2, 0) is 0 Å². The van der Waals surface area contributed by atoms with Gasteiger partial charge in [0.1, 0.15) is 0 Å². The zero-order valence-electron chi connectivity index (χ0n) is 12.7. The first-order valence-corrected chi connectivity index (χ1v) is 8.01. The number of hydrogen-bond donors (Lipinski definition) is 1. The molecule has 0 fully saturated rings. The van der Waals surface area contributed by atoms with Gasteiger partial charge in [-0.3, -0.25) is 9.78 Å². The Morgan fingerprint density at radius 3 is 2.95 bits per heavy atom. The summed E-state index contributed by atoms with van der Waals surface area (Å²) in [5.41, 5.74) is 1.47. The molecule has 0 spiro atoms. The van der Waals surface area contributed by atoms with Crippen LogP contribution in [0.4, 0.5) is 5.69 Å². The molecule has 2 aromatic rings. The van der Waals surface area contributed by atoms with Gasteiger partial charge in [-0.15, -0.1) is 11.3 Å². The Morgan fingerprint density at radius 2 is 2.29 bits per heavy atom. The summed E-state index contributed by atoms with van der Waals surface area (Å²) in [6.07, 6.45) is 4.35. The van der Waals surface area contributed by atoms with Crippen molar-refractivity contribution in [2.24, 2.45) is 0 Å². The molecule has 2 aromatic heterocycles. The molecule has 1 atom stereocenters. The van der Waals surface area contributed by atoms with Crippen LogP contribution in [0, 0.1) is 0 Å². The van der Waals surface area contributed by atoms with Gasteiger partial charge < -0.3 is 10.2 Å². The van der Waals surface area contributed by atoms with E-state index >= 15 is 0 Å². The number of carbonyl (C=O) groups excluding carboxylic acids is 1. The molecule has 0 aromatic carbocycles. The van der Waals surface area contributed by atoms with Crippen molar-refractivity contribution in [2.45, 2.75) is 26.3 Å². The van der Waals surface area contributed by atoms with E-state index < -0.39 is 0 Å². The maximum absolute atomic E-state index is 12.7. The smallest absolute Gasteiger partial charge is 0.257 e. The van der Waals surface area contributed by atoms with Crippen molar-refractivity contribution in [3.05, 3.63) is 46.4 Å². The van der Waals surface area contributed by atoms with E-state index in [0.29, 0.717) is 5.56 Å². The monoisotopic (exact) mass is 303 g/mol. The number of hydrogen-bond acceptors (Lipinski definition) is 4. The molecule has 2 heterocycles. The van der Waals surface area contributed by atoms with Crippen molar-refractivity contribution in [3.63, 3.8) is 0 Å². The third-order valence-corrected chi connectivity index (χ3v) is 4.52. The van der Waals surface area contributed by atoms with Crippen molar-refractivity contribution in [3.8, 4) is 0 Å². The first kappa shape index (κ1) is 15.5. The number of rotatable bonds is 6. The van der Waals surface area contributed by atoms with Crippen LogP contribution in [0.3, 0.4) is 0 Å². The Kier molecular flexibility index (Phi) is 5.33. The summed E-state index contributed by atoms with van der Waals surface area (Å²) in [5, 5.41) is 5.32. The van der Waals surface area contributed by atoms with Crippen LogP contribution in [0.15, 0.2) is 36.0 Å². The Labute approximate surface area is 129 Å². The van der Waals surface area contributed by atoms with Crippen molar-refractivity contribution in [1.29, 1.82) is 0 Å². The fourth-order valence-electron chi connectivity index (χ4n) is 2.06. The average Bonchev–Trinajstić information content (AvgIpc) is 3.05. The van der Waals surface area contributed by atoms with E-state index in [-0.39, 0.29) is 11.9 Å². The lowest BCUT2D eigenvalue weighted by molar-refractivity contribution is 0.0745. The molecule has 1 amide bonds. The molecule has 0 aliphatic heterocycles. The summed E-state index contributed by atoms with van der Waals surface area (Å²) < 4.78 is 0. The second kappa shape index (κ2) is 7.22. The molecular weight excluding hydrogens is 282 g/mol. The SMILES string of the molecule is CCCNc1ccncc1C(=O)N(C)C(C)c1cccs1. The third kappa shape index (κ3) is 3.61. The molecule has 5 heteroatoms. The van der Waals surface area contributed by atoms with Gasteiger partial charge in [-0.05, 0) is 30.9 Å². The first-order chi connectivity index (χ1) is 10.1. The molecular formula is C16H21N3OS. The zero-order valence-corrected chi connectivity index (χ0v) is 13.5. The minimum Gasteiger partial charge on any atom is -0.384 e. The van der Waals surface area contributed by atoms with Crippen molar-refractivity contribution in [2.75, 3.05) is 18.9 Å². The van der Waals surface area contributed by atoms with Crippen LogP contribution in [0.5, 0.6) is 0 Å². The van der Waals surface area contributed by atoms with E-state index in [1.54, 1.807) is 28.6 Å². The number of carbonyl (C=O) groups is 1. The topological polar surface area (TPSA) is 45.2 Å². The highest BCUT2D eigenvalue weighted by molar-refractivity contribution is 7.10. The Balaban J connectivity index is 2.19. The van der Waals surface area contributed by atoms with Crippen molar-refractivity contribution >= 4 is 22.9 Å². The summed E-state index contributed by atoms with van der Waals surface area (Å²) in [5.74, 6) is -0.0115. The predicted molar refractivity (Wildman–Crippen MR) is 87.8 cm³/mol. The van der Waals surface area contributed by atoms with Gasteiger partial charge in [0.05, 0.1) is 17.3 Å². The number of thiophene rings is 1. The second-order valence-electron chi connectivity index (χ2n) is 4.96. The van der Waals surface area contributed by atoms with Crippen molar-refractivity contribution < 1.29 is 4.79 Å². The van der Waals surface area contributed by atoms with Gasteiger partial charge in [0.2, 0.25) is 0 Å². The van der Waals surface area contributed by atoms with Gasteiger partial charge in [0.15, 0.2) is 0 Å². The molecule has 1 N–H and O–H groups in total. The highest BCUT2D eigenvalue weighted by Gasteiger charge is 2.21. The van der Waals surface area contributed by atoms with Gasteiger partial charge in [-0.1, -0.05) is 13.0 Å². The standard InChI is InChI=1S/C16H21N3OS/c1-4-8-18-14-7-9-17-11-13(14)16(20)19(3)12(2)15-6-5-10-21-15/h5-7,9-12H,4,8H2,1-3H3,(H,17,18). The molecule has 2 rings (SSSR count). The fraction of sp³-hybridized carbons (Fsp3) is 0.375. The molecule has 0 radical (unpaired) electrons. The zero-order chi connectivity index (χ0) is 15.2. The lowest BCUT2D eigenvalue weighted by atomic mass is 10.1. The number of anilines is 1. The van der Waals surface area contributed by atoms with E-state index in [0.717, 1.165) is 18.7 Å². The van der Waals surface area contributed by atoms with Gasteiger partial charge in [0.25, 0.3) is 5.91 Å². The number of nitrogens with one attached hydrogen (secondary N) is 1. The molecule has 1 unspecified atom stereocenters. The fourth-order valence-corrected chi connectivity index (χ4v) is 2.89. The van der Waals surface area contributed by atoms with Crippen LogP contribution in [0.2, 0.25) is 0 Å². The largest absolute Gasteiger partial charge is 0.384 e. The van der Waals surface area contributed by atoms with E-state index in [4.69, 9.17) is 0 Å².